The van der Waals surface area contributed by atoms with Crippen LogP contribution in [0.15, 0.2) is 6.20 Å². The predicted molar refractivity (Wildman–Crippen MR) is 44.2 cm³/mol. The van der Waals surface area contributed by atoms with Crippen LogP contribution in [0.5, 0.6) is 0 Å². The lowest BCUT2D eigenvalue weighted by molar-refractivity contribution is 1.06. The standard InChI is InChI=1S/C6H4IN3/c1-4-3-9-5(2-8)6(7)10-4/h3H,1H3. The summed E-state index contributed by atoms with van der Waals surface area (Å²) in [6, 6.07) is 1.94. The Morgan fingerprint density at radius 1 is 1.70 bits per heavy atom. The first-order valence-electron chi connectivity index (χ1n) is 2.63. The zero-order valence-corrected chi connectivity index (χ0v) is 7.45. The summed E-state index contributed by atoms with van der Waals surface area (Å²) in [5.74, 6) is 0. The van der Waals surface area contributed by atoms with Crippen molar-refractivity contribution in [3.05, 3.63) is 21.3 Å². The van der Waals surface area contributed by atoms with Gasteiger partial charge in [-0.05, 0) is 29.5 Å². The van der Waals surface area contributed by atoms with E-state index in [4.69, 9.17) is 5.26 Å². The van der Waals surface area contributed by atoms with Gasteiger partial charge in [0.05, 0.1) is 5.69 Å². The van der Waals surface area contributed by atoms with Gasteiger partial charge in [-0.1, -0.05) is 0 Å². The molecule has 0 aliphatic rings. The second kappa shape index (κ2) is 2.92. The Balaban J connectivity index is 3.23. The smallest absolute Gasteiger partial charge is 0.172 e. The molecule has 1 heterocycles. The number of nitrogens with zero attached hydrogens (tertiary/aromatic N) is 3. The van der Waals surface area contributed by atoms with Crippen molar-refractivity contribution in [3.8, 4) is 6.07 Å². The molecule has 0 unspecified atom stereocenters. The average Bonchev–Trinajstić information content (AvgIpc) is 1.88. The molecular weight excluding hydrogens is 241 g/mol. The topological polar surface area (TPSA) is 49.6 Å². The van der Waals surface area contributed by atoms with Crippen molar-refractivity contribution >= 4 is 22.6 Å². The molecule has 0 saturated carbocycles. The number of hydrogen-bond acceptors (Lipinski definition) is 3. The Bertz CT molecular complexity index is 290. The van der Waals surface area contributed by atoms with E-state index in [2.05, 4.69) is 9.97 Å². The van der Waals surface area contributed by atoms with E-state index >= 15 is 0 Å². The molecule has 0 aromatic carbocycles. The van der Waals surface area contributed by atoms with E-state index in [1.807, 2.05) is 35.6 Å². The number of rotatable bonds is 0. The summed E-state index contributed by atoms with van der Waals surface area (Å²) in [5, 5.41) is 8.45. The van der Waals surface area contributed by atoms with Gasteiger partial charge in [-0.15, -0.1) is 0 Å². The van der Waals surface area contributed by atoms with Crippen LogP contribution < -0.4 is 0 Å². The van der Waals surface area contributed by atoms with Crippen LogP contribution in [-0.4, -0.2) is 9.97 Å². The number of halogens is 1. The molecule has 0 saturated heterocycles. The highest BCUT2D eigenvalue weighted by molar-refractivity contribution is 14.1. The van der Waals surface area contributed by atoms with E-state index in [0.29, 0.717) is 9.39 Å². The molecule has 10 heavy (non-hydrogen) atoms. The Morgan fingerprint density at radius 3 is 2.90 bits per heavy atom. The van der Waals surface area contributed by atoms with Gasteiger partial charge in [0.15, 0.2) is 5.69 Å². The van der Waals surface area contributed by atoms with Gasteiger partial charge in [0, 0.05) is 6.20 Å². The van der Waals surface area contributed by atoms with E-state index in [0.717, 1.165) is 5.69 Å². The van der Waals surface area contributed by atoms with Crippen LogP contribution in [0, 0.1) is 22.0 Å². The van der Waals surface area contributed by atoms with Crippen LogP contribution in [0.3, 0.4) is 0 Å². The van der Waals surface area contributed by atoms with Crippen molar-refractivity contribution < 1.29 is 0 Å². The molecule has 3 nitrogen and oxygen atoms in total. The summed E-state index contributed by atoms with van der Waals surface area (Å²) in [4.78, 5) is 7.91. The third kappa shape index (κ3) is 1.42. The lowest BCUT2D eigenvalue weighted by Crippen LogP contribution is -1.93. The summed E-state index contributed by atoms with van der Waals surface area (Å²) in [6.07, 6.45) is 1.58. The second-order valence-electron chi connectivity index (χ2n) is 1.76. The van der Waals surface area contributed by atoms with Gasteiger partial charge in [0.1, 0.15) is 9.77 Å². The van der Waals surface area contributed by atoms with Crippen LogP contribution in [0.1, 0.15) is 11.4 Å². The summed E-state index contributed by atoms with van der Waals surface area (Å²) in [5.41, 5.74) is 1.23. The van der Waals surface area contributed by atoms with Crippen LogP contribution in [-0.2, 0) is 0 Å². The van der Waals surface area contributed by atoms with Gasteiger partial charge >= 0.3 is 0 Å². The van der Waals surface area contributed by atoms with Crippen molar-refractivity contribution in [2.75, 3.05) is 0 Å². The average molecular weight is 245 g/mol. The van der Waals surface area contributed by atoms with Crippen LogP contribution in [0.25, 0.3) is 0 Å². The van der Waals surface area contributed by atoms with E-state index in [9.17, 15) is 0 Å². The minimum absolute atomic E-state index is 0.395. The van der Waals surface area contributed by atoms with Gasteiger partial charge in [-0.3, -0.25) is 0 Å². The highest BCUT2D eigenvalue weighted by Crippen LogP contribution is 2.04. The van der Waals surface area contributed by atoms with E-state index < -0.39 is 0 Å². The highest BCUT2D eigenvalue weighted by atomic mass is 127. The normalized spacial score (nSPS) is 8.90. The minimum Gasteiger partial charge on any atom is -0.243 e. The van der Waals surface area contributed by atoms with Gasteiger partial charge in [-0.2, -0.15) is 5.26 Å². The molecule has 0 spiro atoms. The molecule has 0 fully saturated rings. The Kier molecular flexibility index (Phi) is 2.17. The first-order chi connectivity index (χ1) is 4.74. The molecule has 50 valence electrons. The summed E-state index contributed by atoms with van der Waals surface area (Å²) in [7, 11) is 0. The summed E-state index contributed by atoms with van der Waals surface area (Å²) >= 11 is 1.99. The van der Waals surface area contributed by atoms with Crippen molar-refractivity contribution in [1.82, 2.24) is 9.97 Å². The molecule has 0 amide bonds. The minimum atomic E-state index is 0.395. The molecular formula is C6H4IN3. The fourth-order valence-corrected chi connectivity index (χ4v) is 1.16. The van der Waals surface area contributed by atoms with Crippen LogP contribution in [0.2, 0.25) is 0 Å². The van der Waals surface area contributed by atoms with Crippen molar-refractivity contribution in [3.63, 3.8) is 0 Å². The molecule has 1 aromatic heterocycles. The zero-order valence-electron chi connectivity index (χ0n) is 5.30. The summed E-state index contributed by atoms with van der Waals surface area (Å²) < 4.78 is 0.667. The third-order valence-corrected chi connectivity index (χ3v) is 1.71. The maximum Gasteiger partial charge on any atom is 0.172 e. The lowest BCUT2D eigenvalue weighted by Gasteiger charge is -1.92. The number of hydrogen-bond donors (Lipinski definition) is 0. The Morgan fingerprint density at radius 2 is 2.40 bits per heavy atom. The molecule has 0 radical (unpaired) electrons. The largest absolute Gasteiger partial charge is 0.243 e. The van der Waals surface area contributed by atoms with E-state index in [-0.39, 0.29) is 0 Å². The van der Waals surface area contributed by atoms with Gasteiger partial charge in [0.2, 0.25) is 0 Å². The maximum absolute atomic E-state index is 8.45. The lowest BCUT2D eigenvalue weighted by atomic mass is 10.4. The maximum atomic E-state index is 8.45. The van der Waals surface area contributed by atoms with Crippen LogP contribution in [0.4, 0.5) is 0 Å². The number of aromatic nitrogens is 2. The molecule has 0 aliphatic heterocycles. The second-order valence-corrected chi connectivity index (χ2v) is 2.78. The number of nitriles is 1. The molecule has 4 heteroatoms. The van der Waals surface area contributed by atoms with Crippen LogP contribution >= 0.6 is 22.6 Å². The van der Waals surface area contributed by atoms with Crippen molar-refractivity contribution in [2.24, 2.45) is 0 Å². The predicted octanol–water partition coefficient (Wildman–Crippen LogP) is 1.26. The molecule has 1 aromatic rings. The van der Waals surface area contributed by atoms with Crippen molar-refractivity contribution in [2.45, 2.75) is 6.92 Å². The zero-order chi connectivity index (χ0) is 7.56. The highest BCUT2D eigenvalue weighted by Gasteiger charge is 1.99. The van der Waals surface area contributed by atoms with Gasteiger partial charge in [0.25, 0.3) is 0 Å². The number of aryl methyl sites for hydroxylation is 1. The van der Waals surface area contributed by atoms with Crippen molar-refractivity contribution in [1.29, 1.82) is 5.26 Å². The van der Waals surface area contributed by atoms with E-state index in [1.54, 1.807) is 6.20 Å². The molecule has 0 N–H and O–H groups in total. The first kappa shape index (κ1) is 7.41. The first-order valence-corrected chi connectivity index (χ1v) is 3.71. The summed E-state index contributed by atoms with van der Waals surface area (Å²) in [6.45, 7) is 1.84. The monoisotopic (exact) mass is 245 g/mol. The molecule has 0 atom stereocenters. The van der Waals surface area contributed by atoms with Gasteiger partial charge in [-0.25, -0.2) is 9.97 Å². The SMILES string of the molecule is Cc1cnc(C#N)c(I)n1. The Hall–Kier alpha value is -0.700. The molecule has 0 aliphatic carbocycles. The molecule has 0 bridgehead atoms. The molecule has 1 rings (SSSR count). The van der Waals surface area contributed by atoms with Gasteiger partial charge < -0.3 is 0 Å². The Labute approximate surface area is 72.3 Å². The fourth-order valence-electron chi connectivity index (χ4n) is 0.523. The quantitative estimate of drug-likeness (QED) is 0.646. The van der Waals surface area contributed by atoms with E-state index in [1.165, 1.54) is 0 Å². The third-order valence-electron chi connectivity index (χ3n) is 0.956. The fraction of sp³-hybridized carbons (Fsp3) is 0.167.